The van der Waals surface area contributed by atoms with Crippen LogP contribution in [0.4, 0.5) is 10.5 Å². The lowest BCUT2D eigenvalue weighted by Gasteiger charge is -2.37. The highest BCUT2D eigenvalue weighted by atomic mass is 16.5. The standard InChI is InChI=1S/C20H22N4O2/c1-26-18-9-5-6-16(14-18)19(15-21)23-10-12-24(13-11-23)20(25)22-17-7-3-2-4-8-17/h2-9,14,19H,10-13H2,1H3,(H,22,25). The lowest BCUT2D eigenvalue weighted by molar-refractivity contribution is 0.131. The highest BCUT2D eigenvalue weighted by molar-refractivity contribution is 5.89. The number of hydrogen-bond donors (Lipinski definition) is 1. The van der Waals surface area contributed by atoms with Gasteiger partial charge in [0, 0.05) is 31.9 Å². The van der Waals surface area contributed by atoms with Gasteiger partial charge in [0.2, 0.25) is 0 Å². The second kappa shape index (κ2) is 8.37. The van der Waals surface area contributed by atoms with Gasteiger partial charge in [-0.3, -0.25) is 4.90 Å². The topological polar surface area (TPSA) is 68.6 Å². The summed E-state index contributed by atoms with van der Waals surface area (Å²) in [6, 6.07) is 18.9. The van der Waals surface area contributed by atoms with Crippen LogP contribution >= 0.6 is 0 Å². The van der Waals surface area contributed by atoms with Crippen molar-refractivity contribution >= 4 is 11.7 Å². The fourth-order valence-electron chi connectivity index (χ4n) is 3.09. The van der Waals surface area contributed by atoms with E-state index < -0.39 is 0 Å². The van der Waals surface area contributed by atoms with Crippen LogP contribution in [-0.4, -0.2) is 49.1 Å². The summed E-state index contributed by atoms with van der Waals surface area (Å²) >= 11 is 0. The molecule has 0 saturated carbocycles. The Kier molecular flexibility index (Phi) is 5.72. The monoisotopic (exact) mass is 350 g/mol. The summed E-state index contributed by atoms with van der Waals surface area (Å²) in [6.07, 6.45) is 0. The van der Waals surface area contributed by atoms with Crippen molar-refractivity contribution in [3.63, 3.8) is 0 Å². The number of urea groups is 1. The van der Waals surface area contributed by atoms with Crippen LogP contribution in [0.25, 0.3) is 0 Å². The van der Waals surface area contributed by atoms with Crippen molar-refractivity contribution in [2.75, 3.05) is 38.6 Å². The molecule has 3 rings (SSSR count). The van der Waals surface area contributed by atoms with Crippen molar-refractivity contribution in [2.24, 2.45) is 0 Å². The molecule has 0 bridgehead atoms. The molecule has 6 heteroatoms. The average molecular weight is 350 g/mol. The first-order valence-corrected chi connectivity index (χ1v) is 8.60. The molecule has 2 aromatic carbocycles. The van der Waals surface area contributed by atoms with Crippen LogP contribution in [0.15, 0.2) is 54.6 Å². The number of nitrogens with one attached hydrogen (secondary N) is 1. The molecule has 0 radical (unpaired) electrons. The van der Waals surface area contributed by atoms with E-state index in [9.17, 15) is 10.1 Å². The molecule has 6 nitrogen and oxygen atoms in total. The van der Waals surface area contributed by atoms with Gasteiger partial charge in [-0.15, -0.1) is 0 Å². The molecule has 2 aromatic rings. The minimum Gasteiger partial charge on any atom is -0.497 e. The Morgan fingerprint density at radius 2 is 1.85 bits per heavy atom. The number of anilines is 1. The van der Waals surface area contributed by atoms with E-state index in [1.807, 2.05) is 54.6 Å². The zero-order valence-corrected chi connectivity index (χ0v) is 14.8. The number of ether oxygens (including phenoxy) is 1. The maximum atomic E-state index is 12.4. The number of hydrogen-bond acceptors (Lipinski definition) is 4. The molecule has 1 N–H and O–H groups in total. The minimum atomic E-state index is -0.343. The molecular weight excluding hydrogens is 328 g/mol. The SMILES string of the molecule is COc1cccc(C(C#N)N2CCN(C(=O)Nc3ccccc3)CC2)c1. The molecule has 1 aliphatic rings. The van der Waals surface area contributed by atoms with Gasteiger partial charge >= 0.3 is 6.03 Å². The first-order chi connectivity index (χ1) is 12.7. The molecule has 0 aromatic heterocycles. The Hall–Kier alpha value is -3.04. The summed E-state index contributed by atoms with van der Waals surface area (Å²) in [4.78, 5) is 16.3. The van der Waals surface area contributed by atoms with Crippen LogP contribution in [0.3, 0.4) is 0 Å². The Bertz CT molecular complexity index is 780. The predicted octanol–water partition coefficient (Wildman–Crippen LogP) is 3.11. The van der Waals surface area contributed by atoms with Crippen molar-refractivity contribution < 1.29 is 9.53 Å². The van der Waals surface area contributed by atoms with E-state index in [1.54, 1.807) is 12.0 Å². The van der Waals surface area contributed by atoms with Crippen LogP contribution in [0, 0.1) is 11.3 Å². The third kappa shape index (κ3) is 4.13. The first kappa shape index (κ1) is 17.8. The molecule has 1 aliphatic heterocycles. The van der Waals surface area contributed by atoms with Gasteiger partial charge in [-0.2, -0.15) is 5.26 Å². The summed E-state index contributed by atoms with van der Waals surface area (Å²) in [6.45, 7) is 2.47. The average Bonchev–Trinajstić information content (AvgIpc) is 2.70. The molecule has 2 amide bonds. The van der Waals surface area contributed by atoms with Crippen LogP contribution in [0.1, 0.15) is 11.6 Å². The number of rotatable bonds is 4. The summed E-state index contributed by atoms with van der Waals surface area (Å²) < 4.78 is 5.25. The summed E-state index contributed by atoms with van der Waals surface area (Å²) in [5.74, 6) is 0.739. The Labute approximate surface area is 153 Å². The molecule has 1 saturated heterocycles. The van der Waals surface area contributed by atoms with Gasteiger partial charge in [-0.1, -0.05) is 30.3 Å². The van der Waals surface area contributed by atoms with Crippen molar-refractivity contribution in [1.29, 1.82) is 5.26 Å². The second-order valence-electron chi connectivity index (χ2n) is 6.13. The smallest absolute Gasteiger partial charge is 0.321 e. The minimum absolute atomic E-state index is 0.106. The first-order valence-electron chi connectivity index (χ1n) is 8.60. The Morgan fingerprint density at radius 1 is 1.12 bits per heavy atom. The molecule has 1 heterocycles. The van der Waals surface area contributed by atoms with E-state index in [2.05, 4.69) is 16.3 Å². The van der Waals surface area contributed by atoms with Crippen LogP contribution in [0.5, 0.6) is 5.75 Å². The van der Waals surface area contributed by atoms with Crippen molar-refractivity contribution in [1.82, 2.24) is 9.80 Å². The number of para-hydroxylation sites is 1. The van der Waals surface area contributed by atoms with Gasteiger partial charge in [-0.25, -0.2) is 4.79 Å². The van der Waals surface area contributed by atoms with E-state index in [0.29, 0.717) is 26.2 Å². The van der Waals surface area contributed by atoms with E-state index in [-0.39, 0.29) is 12.1 Å². The fourth-order valence-corrected chi connectivity index (χ4v) is 3.09. The lowest BCUT2D eigenvalue weighted by atomic mass is 10.1. The summed E-state index contributed by atoms with van der Waals surface area (Å²) in [5.41, 5.74) is 1.69. The quantitative estimate of drug-likeness (QED) is 0.920. The van der Waals surface area contributed by atoms with Gasteiger partial charge in [-0.05, 0) is 29.8 Å². The number of piperazine rings is 1. The van der Waals surface area contributed by atoms with Crippen molar-refractivity contribution in [3.8, 4) is 11.8 Å². The van der Waals surface area contributed by atoms with E-state index in [0.717, 1.165) is 17.0 Å². The molecule has 134 valence electrons. The number of carbonyl (C=O) groups is 1. The number of nitriles is 1. The lowest BCUT2D eigenvalue weighted by Crippen LogP contribution is -2.50. The van der Waals surface area contributed by atoms with E-state index >= 15 is 0 Å². The zero-order chi connectivity index (χ0) is 18.4. The third-order valence-corrected chi connectivity index (χ3v) is 4.52. The number of methoxy groups -OCH3 is 1. The van der Waals surface area contributed by atoms with E-state index in [1.165, 1.54) is 0 Å². The molecule has 0 spiro atoms. The van der Waals surface area contributed by atoms with Gasteiger partial charge in [0.1, 0.15) is 11.8 Å². The fraction of sp³-hybridized carbons (Fsp3) is 0.300. The molecule has 1 fully saturated rings. The highest BCUT2D eigenvalue weighted by Gasteiger charge is 2.27. The number of carbonyl (C=O) groups excluding carboxylic acids is 1. The van der Waals surface area contributed by atoms with Gasteiger partial charge in [0.25, 0.3) is 0 Å². The second-order valence-corrected chi connectivity index (χ2v) is 6.13. The molecule has 26 heavy (non-hydrogen) atoms. The van der Waals surface area contributed by atoms with Crippen LogP contribution < -0.4 is 10.1 Å². The summed E-state index contributed by atoms with van der Waals surface area (Å²) in [7, 11) is 1.62. The third-order valence-electron chi connectivity index (χ3n) is 4.52. The van der Waals surface area contributed by atoms with Gasteiger partial charge in [0.05, 0.1) is 13.2 Å². The van der Waals surface area contributed by atoms with Crippen LogP contribution in [-0.2, 0) is 0 Å². The molecule has 1 atom stereocenters. The highest BCUT2D eigenvalue weighted by Crippen LogP contribution is 2.25. The molecule has 0 aliphatic carbocycles. The number of amides is 2. The van der Waals surface area contributed by atoms with Crippen molar-refractivity contribution in [2.45, 2.75) is 6.04 Å². The summed E-state index contributed by atoms with van der Waals surface area (Å²) in [5, 5.41) is 12.5. The maximum absolute atomic E-state index is 12.4. The van der Waals surface area contributed by atoms with E-state index in [4.69, 9.17) is 4.74 Å². The number of nitrogens with zero attached hydrogens (tertiary/aromatic N) is 3. The molecular formula is C20H22N4O2. The zero-order valence-electron chi connectivity index (χ0n) is 14.8. The van der Waals surface area contributed by atoms with Gasteiger partial charge < -0.3 is 15.0 Å². The molecule has 1 unspecified atom stereocenters. The predicted molar refractivity (Wildman–Crippen MR) is 100.0 cm³/mol. The number of benzene rings is 2. The largest absolute Gasteiger partial charge is 0.497 e. The Balaban J connectivity index is 1.60. The van der Waals surface area contributed by atoms with Crippen molar-refractivity contribution in [3.05, 3.63) is 60.2 Å². The van der Waals surface area contributed by atoms with Crippen LogP contribution in [0.2, 0.25) is 0 Å². The Morgan fingerprint density at radius 3 is 2.50 bits per heavy atom. The maximum Gasteiger partial charge on any atom is 0.321 e. The van der Waals surface area contributed by atoms with Gasteiger partial charge in [0.15, 0.2) is 0 Å². The normalized spacial score (nSPS) is 15.8.